The second-order valence-electron chi connectivity index (χ2n) is 7.37. The predicted octanol–water partition coefficient (Wildman–Crippen LogP) is 2.47. The first kappa shape index (κ1) is 17.7. The van der Waals surface area contributed by atoms with Gasteiger partial charge in [-0.1, -0.05) is 6.07 Å². The van der Waals surface area contributed by atoms with Crippen molar-refractivity contribution in [3.63, 3.8) is 0 Å². The molecule has 1 aliphatic rings. The molecule has 0 aliphatic carbocycles. The number of aryl methyl sites for hydroxylation is 1. The van der Waals surface area contributed by atoms with Crippen LogP contribution in [0.4, 0.5) is 11.6 Å². The molecule has 5 rings (SSSR count). The van der Waals surface area contributed by atoms with E-state index in [1.807, 2.05) is 29.1 Å². The Labute approximate surface area is 168 Å². The van der Waals surface area contributed by atoms with E-state index in [1.54, 1.807) is 11.6 Å². The maximum Gasteiger partial charge on any atom is 0.223 e. The first-order valence-corrected chi connectivity index (χ1v) is 9.94. The molecule has 9 heteroatoms. The van der Waals surface area contributed by atoms with Crippen molar-refractivity contribution in [1.82, 2.24) is 29.4 Å². The summed E-state index contributed by atoms with van der Waals surface area (Å²) in [6, 6.07) is 5.78. The number of nitrogens with zero attached hydrogens (tertiary/aromatic N) is 7. The van der Waals surface area contributed by atoms with Gasteiger partial charge < -0.3 is 15.4 Å². The van der Waals surface area contributed by atoms with Crippen LogP contribution in [-0.2, 0) is 6.54 Å². The number of fused-ring (bicyclic) bond motifs is 3. The van der Waals surface area contributed by atoms with Crippen molar-refractivity contribution in [2.24, 2.45) is 0 Å². The Morgan fingerprint density at radius 2 is 2.17 bits per heavy atom. The molecule has 3 aromatic heterocycles. The third-order valence-electron chi connectivity index (χ3n) is 5.62. The van der Waals surface area contributed by atoms with Crippen LogP contribution >= 0.6 is 0 Å². The number of nitrogen functional groups attached to an aromatic ring is 1. The van der Waals surface area contributed by atoms with Crippen LogP contribution in [0.1, 0.15) is 31.5 Å². The summed E-state index contributed by atoms with van der Waals surface area (Å²) in [7, 11) is 1.63. The largest absolute Gasteiger partial charge is 0.494 e. The van der Waals surface area contributed by atoms with E-state index in [4.69, 9.17) is 20.6 Å². The molecular weight excluding hydrogens is 368 g/mol. The number of methoxy groups -OCH3 is 1. The average molecular weight is 392 g/mol. The summed E-state index contributed by atoms with van der Waals surface area (Å²) in [5.74, 6) is 2.03. The van der Waals surface area contributed by atoms with Gasteiger partial charge in [0.15, 0.2) is 11.5 Å². The molecule has 9 nitrogen and oxygen atoms in total. The van der Waals surface area contributed by atoms with Crippen molar-refractivity contribution in [2.75, 3.05) is 30.8 Å². The molecule has 4 heterocycles. The van der Waals surface area contributed by atoms with Crippen LogP contribution in [0.15, 0.2) is 30.6 Å². The Bertz CT molecular complexity index is 1180. The lowest BCUT2D eigenvalue weighted by Gasteiger charge is -2.32. The summed E-state index contributed by atoms with van der Waals surface area (Å²) < 4.78 is 9.04. The molecule has 1 saturated heterocycles. The number of hydrogen-bond acceptors (Lipinski definition) is 7. The van der Waals surface area contributed by atoms with Crippen molar-refractivity contribution in [1.29, 1.82) is 0 Å². The van der Waals surface area contributed by atoms with E-state index in [-0.39, 0.29) is 5.92 Å². The molecule has 1 aliphatic heterocycles. The summed E-state index contributed by atoms with van der Waals surface area (Å²) in [6.45, 7) is 4.84. The second kappa shape index (κ2) is 6.91. The number of para-hydroxylation sites is 1. The van der Waals surface area contributed by atoms with Gasteiger partial charge in [-0.05, 0) is 31.9 Å². The SMILES string of the molecule is CCn1cc(N2CCC[C@@H](c3nc4c5cccc(OC)c5nc(N)n4n3)C2)cn1. The number of piperidine rings is 1. The van der Waals surface area contributed by atoms with Gasteiger partial charge in [0.25, 0.3) is 0 Å². The summed E-state index contributed by atoms with van der Waals surface area (Å²) in [4.78, 5) is 11.7. The zero-order valence-electron chi connectivity index (χ0n) is 16.6. The fraction of sp³-hybridized carbons (Fsp3) is 0.400. The van der Waals surface area contributed by atoms with Crippen LogP contribution in [0.2, 0.25) is 0 Å². The Morgan fingerprint density at radius 1 is 1.28 bits per heavy atom. The van der Waals surface area contributed by atoms with Crippen LogP contribution in [0.25, 0.3) is 16.6 Å². The minimum Gasteiger partial charge on any atom is -0.494 e. The molecule has 150 valence electrons. The number of ether oxygens (including phenoxy) is 1. The smallest absolute Gasteiger partial charge is 0.223 e. The summed E-state index contributed by atoms with van der Waals surface area (Å²) in [5, 5.41) is 10.0. The van der Waals surface area contributed by atoms with Gasteiger partial charge in [-0.25, -0.2) is 9.97 Å². The zero-order valence-corrected chi connectivity index (χ0v) is 16.6. The third kappa shape index (κ3) is 2.93. The van der Waals surface area contributed by atoms with Gasteiger partial charge in [-0.15, -0.1) is 5.10 Å². The van der Waals surface area contributed by atoms with Crippen LogP contribution in [0.3, 0.4) is 0 Å². The summed E-state index contributed by atoms with van der Waals surface area (Å²) in [5.41, 5.74) is 8.77. The minimum absolute atomic E-state index is 0.230. The third-order valence-corrected chi connectivity index (χ3v) is 5.62. The zero-order chi connectivity index (χ0) is 20.0. The van der Waals surface area contributed by atoms with Crippen molar-refractivity contribution < 1.29 is 4.74 Å². The molecule has 0 radical (unpaired) electrons. The first-order valence-electron chi connectivity index (χ1n) is 9.94. The maximum absolute atomic E-state index is 6.20. The number of anilines is 2. The molecule has 2 N–H and O–H groups in total. The maximum atomic E-state index is 6.20. The van der Waals surface area contributed by atoms with Gasteiger partial charge in [-0.3, -0.25) is 4.68 Å². The minimum atomic E-state index is 0.230. The molecule has 0 amide bonds. The highest BCUT2D eigenvalue weighted by Gasteiger charge is 2.26. The van der Waals surface area contributed by atoms with E-state index < -0.39 is 0 Å². The van der Waals surface area contributed by atoms with Crippen molar-refractivity contribution in [2.45, 2.75) is 32.2 Å². The lowest BCUT2D eigenvalue weighted by molar-refractivity contribution is 0.419. The van der Waals surface area contributed by atoms with E-state index in [0.29, 0.717) is 17.2 Å². The van der Waals surface area contributed by atoms with Crippen LogP contribution in [0.5, 0.6) is 5.75 Å². The lowest BCUT2D eigenvalue weighted by Crippen LogP contribution is -2.34. The Hall–Kier alpha value is -3.36. The van der Waals surface area contributed by atoms with E-state index in [1.165, 1.54) is 0 Å². The average Bonchev–Trinajstić information content (AvgIpc) is 3.42. The molecule has 0 saturated carbocycles. The molecule has 1 fully saturated rings. The van der Waals surface area contributed by atoms with E-state index in [9.17, 15) is 0 Å². The Morgan fingerprint density at radius 3 is 2.97 bits per heavy atom. The number of hydrogen-bond donors (Lipinski definition) is 1. The second-order valence-corrected chi connectivity index (χ2v) is 7.37. The highest BCUT2D eigenvalue weighted by atomic mass is 16.5. The van der Waals surface area contributed by atoms with Crippen LogP contribution in [0, 0.1) is 0 Å². The van der Waals surface area contributed by atoms with Crippen molar-refractivity contribution >= 4 is 28.2 Å². The predicted molar refractivity (Wildman–Crippen MR) is 111 cm³/mol. The van der Waals surface area contributed by atoms with Crippen LogP contribution in [-0.4, -0.2) is 49.6 Å². The van der Waals surface area contributed by atoms with Gasteiger partial charge in [0.2, 0.25) is 5.95 Å². The lowest BCUT2D eigenvalue weighted by atomic mass is 9.97. The van der Waals surface area contributed by atoms with E-state index in [0.717, 1.165) is 55.0 Å². The van der Waals surface area contributed by atoms with E-state index in [2.05, 4.69) is 28.1 Å². The quantitative estimate of drug-likeness (QED) is 0.569. The van der Waals surface area contributed by atoms with Gasteiger partial charge >= 0.3 is 0 Å². The number of rotatable bonds is 4. The Kier molecular flexibility index (Phi) is 4.22. The highest BCUT2D eigenvalue weighted by molar-refractivity contribution is 5.95. The van der Waals surface area contributed by atoms with Crippen molar-refractivity contribution in [3.8, 4) is 5.75 Å². The van der Waals surface area contributed by atoms with E-state index >= 15 is 0 Å². The van der Waals surface area contributed by atoms with Gasteiger partial charge in [0.1, 0.15) is 11.3 Å². The van der Waals surface area contributed by atoms with Gasteiger partial charge in [-0.2, -0.15) is 9.61 Å². The molecule has 1 atom stereocenters. The number of benzene rings is 1. The molecule has 0 bridgehead atoms. The standard InChI is InChI=1S/C20H24N8O/c1-3-27-12-14(10-22-27)26-9-5-6-13(11-26)18-24-19-15-7-4-8-16(29-2)17(15)23-20(21)28(19)25-18/h4,7-8,10,12-13H,3,5-6,9,11H2,1-2H3,(H2,21,23)/t13-/m1/s1. The Balaban J connectivity index is 1.53. The summed E-state index contributed by atoms with van der Waals surface area (Å²) >= 11 is 0. The molecule has 0 unspecified atom stereocenters. The monoisotopic (exact) mass is 392 g/mol. The number of nitrogens with two attached hydrogens (primary N) is 1. The first-order chi connectivity index (χ1) is 14.2. The van der Waals surface area contributed by atoms with Gasteiger partial charge in [0.05, 0.1) is 19.0 Å². The molecule has 4 aromatic rings. The van der Waals surface area contributed by atoms with Crippen LogP contribution < -0.4 is 15.4 Å². The molecule has 1 aromatic carbocycles. The highest BCUT2D eigenvalue weighted by Crippen LogP contribution is 2.31. The summed E-state index contributed by atoms with van der Waals surface area (Å²) in [6.07, 6.45) is 6.16. The number of aromatic nitrogens is 6. The molecule has 0 spiro atoms. The topological polar surface area (TPSA) is 99.4 Å². The molecule has 29 heavy (non-hydrogen) atoms. The van der Waals surface area contributed by atoms with Crippen molar-refractivity contribution in [3.05, 3.63) is 36.4 Å². The molecular formula is C20H24N8O. The fourth-order valence-electron chi connectivity index (χ4n) is 4.09. The normalized spacial score (nSPS) is 17.3. The fourth-order valence-corrected chi connectivity index (χ4v) is 4.09. The van der Waals surface area contributed by atoms with Gasteiger partial charge in [0, 0.05) is 37.1 Å².